The largest absolute Gasteiger partial charge is 0.466 e. The summed E-state index contributed by atoms with van der Waals surface area (Å²) in [6, 6.07) is 2.11. The van der Waals surface area contributed by atoms with Crippen LogP contribution >= 0.6 is 15.9 Å². The first-order valence-electron chi connectivity index (χ1n) is 6.86. The van der Waals surface area contributed by atoms with E-state index >= 15 is 0 Å². The molecule has 0 aromatic carbocycles. The van der Waals surface area contributed by atoms with Crippen LogP contribution in [0.1, 0.15) is 32.1 Å². The molecule has 2 atom stereocenters. The van der Waals surface area contributed by atoms with Crippen LogP contribution < -0.4 is 5.32 Å². The molecule has 0 amide bonds. The van der Waals surface area contributed by atoms with Gasteiger partial charge in [-0.05, 0) is 42.4 Å². The summed E-state index contributed by atoms with van der Waals surface area (Å²) in [6.45, 7) is 8.10. The van der Waals surface area contributed by atoms with Crippen molar-refractivity contribution in [2.75, 3.05) is 33.4 Å². The number of nitrogens with one attached hydrogen (secondary N) is 1. The van der Waals surface area contributed by atoms with Gasteiger partial charge in [-0.1, -0.05) is 6.92 Å². The number of hydrogen-bond donors (Lipinski definition) is 1. The smallest absolute Gasteiger partial charge is 0.136 e. The lowest BCUT2D eigenvalue weighted by molar-refractivity contribution is -0.0347. The zero-order valence-electron chi connectivity index (χ0n) is 11.9. The molecule has 1 aliphatic heterocycles. The molecule has 19 heavy (non-hydrogen) atoms. The predicted molar refractivity (Wildman–Crippen MR) is 79.3 cm³/mol. The standard InChI is InChI=1S/C14H23BrN2O2/c1-4-14(2,17-6-9-18-10-7-17)13(16-3)12-11(15)5-8-19-12/h5,8,13,16H,4,6-7,9-10H2,1-3H3. The Morgan fingerprint density at radius 3 is 2.63 bits per heavy atom. The third-order valence-electron chi connectivity index (χ3n) is 4.27. The molecule has 1 fully saturated rings. The fourth-order valence-corrected chi connectivity index (χ4v) is 3.35. The lowest BCUT2D eigenvalue weighted by Gasteiger charge is -2.47. The summed E-state index contributed by atoms with van der Waals surface area (Å²) in [5, 5.41) is 3.43. The zero-order valence-corrected chi connectivity index (χ0v) is 13.5. The monoisotopic (exact) mass is 330 g/mol. The first kappa shape index (κ1) is 15.0. The maximum absolute atomic E-state index is 5.69. The van der Waals surface area contributed by atoms with Gasteiger partial charge in [-0.15, -0.1) is 0 Å². The Hall–Kier alpha value is -0.360. The van der Waals surface area contributed by atoms with E-state index in [1.165, 1.54) is 0 Å². The number of halogens is 1. The molecule has 0 aliphatic carbocycles. The van der Waals surface area contributed by atoms with Gasteiger partial charge in [0.1, 0.15) is 5.76 Å². The molecule has 2 unspecified atom stereocenters. The SMILES string of the molecule is CCC(C)(C(NC)c1occc1Br)N1CCOCC1. The van der Waals surface area contributed by atoms with E-state index in [2.05, 4.69) is 40.0 Å². The number of nitrogens with zero attached hydrogens (tertiary/aromatic N) is 1. The number of morpholine rings is 1. The van der Waals surface area contributed by atoms with Gasteiger partial charge in [-0.2, -0.15) is 0 Å². The molecule has 0 saturated carbocycles. The highest BCUT2D eigenvalue weighted by atomic mass is 79.9. The summed E-state index contributed by atoms with van der Waals surface area (Å²) in [5.74, 6) is 0.971. The van der Waals surface area contributed by atoms with E-state index in [0.29, 0.717) is 0 Å². The second kappa shape index (κ2) is 6.39. The third-order valence-corrected chi connectivity index (χ3v) is 4.92. The maximum Gasteiger partial charge on any atom is 0.136 e. The van der Waals surface area contributed by atoms with Crippen molar-refractivity contribution in [2.24, 2.45) is 0 Å². The van der Waals surface area contributed by atoms with Crippen molar-refractivity contribution in [3.05, 3.63) is 22.6 Å². The average molecular weight is 331 g/mol. The molecule has 2 heterocycles. The van der Waals surface area contributed by atoms with E-state index in [-0.39, 0.29) is 11.6 Å². The van der Waals surface area contributed by atoms with Crippen LogP contribution in [0.15, 0.2) is 21.2 Å². The summed E-state index contributed by atoms with van der Waals surface area (Å²) in [5.41, 5.74) is 0.0128. The van der Waals surface area contributed by atoms with Gasteiger partial charge in [0.15, 0.2) is 0 Å². The van der Waals surface area contributed by atoms with E-state index in [9.17, 15) is 0 Å². The second-order valence-corrected chi connectivity index (χ2v) is 6.02. The minimum absolute atomic E-state index is 0.0128. The molecule has 2 rings (SSSR count). The molecule has 0 spiro atoms. The van der Waals surface area contributed by atoms with Crippen molar-refractivity contribution >= 4 is 15.9 Å². The molecule has 4 nitrogen and oxygen atoms in total. The van der Waals surface area contributed by atoms with E-state index < -0.39 is 0 Å². The molecule has 0 radical (unpaired) electrons. The van der Waals surface area contributed by atoms with Crippen LogP contribution in [0.5, 0.6) is 0 Å². The Balaban J connectivity index is 2.29. The van der Waals surface area contributed by atoms with Crippen LogP contribution in [0.4, 0.5) is 0 Å². The number of hydrogen-bond acceptors (Lipinski definition) is 4. The van der Waals surface area contributed by atoms with E-state index in [0.717, 1.165) is 43.0 Å². The Labute approximate surface area is 123 Å². The Kier molecular flexibility index (Phi) is 5.06. The molecule has 1 aromatic heterocycles. The van der Waals surface area contributed by atoms with Crippen LogP contribution in [0, 0.1) is 0 Å². The van der Waals surface area contributed by atoms with Gasteiger partial charge >= 0.3 is 0 Å². The van der Waals surface area contributed by atoms with Gasteiger partial charge in [0.05, 0.1) is 30.0 Å². The van der Waals surface area contributed by atoms with E-state index in [1.807, 2.05) is 13.1 Å². The topological polar surface area (TPSA) is 37.6 Å². The Bertz CT molecular complexity index is 404. The fourth-order valence-electron chi connectivity index (χ4n) is 2.92. The molecular formula is C14H23BrN2O2. The van der Waals surface area contributed by atoms with Crippen LogP contribution in [-0.4, -0.2) is 43.8 Å². The molecule has 5 heteroatoms. The summed E-state index contributed by atoms with van der Waals surface area (Å²) >= 11 is 3.58. The van der Waals surface area contributed by atoms with Crippen LogP contribution in [0.25, 0.3) is 0 Å². The highest BCUT2D eigenvalue weighted by molar-refractivity contribution is 9.10. The van der Waals surface area contributed by atoms with Gasteiger partial charge < -0.3 is 14.5 Å². The van der Waals surface area contributed by atoms with Crippen molar-refractivity contribution in [3.8, 4) is 0 Å². The summed E-state index contributed by atoms with van der Waals surface area (Å²) < 4.78 is 12.2. The Morgan fingerprint density at radius 2 is 2.16 bits per heavy atom. The van der Waals surface area contributed by atoms with Crippen LogP contribution in [0.3, 0.4) is 0 Å². The third kappa shape index (κ3) is 2.89. The van der Waals surface area contributed by atoms with Crippen molar-refractivity contribution in [1.82, 2.24) is 10.2 Å². The fraction of sp³-hybridized carbons (Fsp3) is 0.714. The summed E-state index contributed by atoms with van der Waals surface area (Å²) in [6.07, 6.45) is 2.78. The summed E-state index contributed by atoms with van der Waals surface area (Å²) in [7, 11) is 1.99. The minimum atomic E-state index is 0.0128. The number of rotatable bonds is 5. The van der Waals surface area contributed by atoms with Gasteiger partial charge in [0.25, 0.3) is 0 Å². The van der Waals surface area contributed by atoms with Gasteiger partial charge in [-0.3, -0.25) is 4.90 Å². The number of furan rings is 1. The highest BCUT2D eigenvalue weighted by Crippen LogP contribution is 2.37. The van der Waals surface area contributed by atoms with Crippen LogP contribution in [-0.2, 0) is 4.74 Å². The quantitative estimate of drug-likeness (QED) is 0.900. The molecule has 1 N–H and O–H groups in total. The molecular weight excluding hydrogens is 308 g/mol. The van der Waals surface area contributed by atoms with Crippen molar-refractivity contribution < 1.29 is 9.15 Å². The highest BCUT2D eigenvalue weighted by Gasteiger charge is 2.41. The Morgan fingerprint density at radius 1 is 1.47 bits per heavy atom. The lowest BCUT2D eigenvalue weighted by atomic mass is 9.85. The molecule has 1 aromatic rings. The molecule has 0 bridgehead atoms. The summed E-state index contributed by atoms with van der Waals surface area (Å²) in [4.78, 5) is 2.51. The second-order valence-electron chi connectivity index (χ2n) is 5.16. The maximum atomic E-state index is 5.69. The number of ether oxygens (including phenoxy) is 1. The normalized spacial score (nSPS) is 22.1. The van der Waals surface area contributed by atoms with Gasteiger partial charge in [0.2, 0.25) is 0 Å². The van der Waals surface area contributed by atoms with Crippen molar-refractivity contribution in [2.45, 2.75) is 31.8 Å². The van der Waals surface area contributed by atoms with Gasteiger partial charge in [-0.25, -0.2) is 0 Å². The first-order valence-corrected chi connectivity index (χ1v) is 7.65. The average Bonchev–Trinajstić information content (AvgIpc) is 2.86. The van der Waals surface area contributed by atoms with E-state index in [1.54, 1.807) is 6.26 Å². The van der Waals surface area contributed by atoms with Crippen molar-refractivity contribution in [1.29, 1.82) is 0 Å². The zero-order chi connectivity index (χ0) is 13.9. The van der Waals surface area contributed by atoms with Crippen molar-refractivity contribution in [3.63, 3.8) is 0 Å². The molecule has 1 saturated heterocycles. The first-order chi connectivity index (χ1) is 9.13. The predicted octanol–water partition coefficient (Wildman–Crippen LogP) is 2.80. The van der Waals surface area contributed by atoms with E-state index in [4.69, 9.17) is 9.15 Å². The minimum Gasteiger partial charge on any atom is -0.466 e. The molecule has 1 aliphatic rings. The number of likely N-dealkylation sites (N-methyl/N-ethyl adjacent to an activating group) is 1. The van der Waals surface area contributed by atoms with Crippen LogP contribution in [0.2, 0.25) is 0 Å². The van der Waals surface area contributed by atoms with Gasteiger partial charge in [0, 0.05) is 18.6 Å². The lowest BCUT2D eigenvalue weighted by Crippen LogP contribution is -2.57. The molecule has 108 valence electrons.